The number of carbonyl (C=O) groups is 1. The lowest BCUT2D eigenvalue weighted by atomic mass is 10.2. The van der Waals surface area contributed by atoms with E-state index in [1.165, 1.54) is 17.1 Å². The molecule has 0 radical (unpaired) electrons. The molecule has 1 aliphatic rings. The maximum absolute atomic E-state index is 12.8. The van der Waals surface area contributed by atoms with Gasteiger partial charge in [-0.25, -0.2) is 9.67 Å². The molecule has 0 bridgehead atoms. The van der Waals surface area contributed by atoms with Gasteiger partial charge in [0.2, 0.25) is 6.79 Å². The van der Waals surface area contributed by atoms with Crippen molar-refractivity contribution in [1.29, 1.82) is 0 Å². The average molecular weight is 452 g/mol. The van der Waals surface area contributed by atoms with Gasteiger partial charge in [0.25, 0.3) is 11.5 Å². The molecule has 0 fully saturated rings. The van der Waals surface area contributed by atoms with Crippen LogP contribution in [0.25, 0.3) is 11.0 Å². The molecule has 9 nitrogen and oxygen atoms in total. The van der Waals surface area contributed by atoms with Gasteiger partial charge in [-0.2, -0.15) is 5.10 Å². The van der Waals surface area contributed by atoms with Gasteiger partial charge < -0.3 is 14.8 Å². The zero-order valence-electron chi connectivity index (χ0n) is 16.8. The summed E-state index contributed by atoms with van der Waals surface area (Å²) in [7, 11) is 0. The molecule has 32 heavy (non-hydrogen) atoms. The number of rotatable bonds is 6. The highest BCUT2D eigenvalue weighted by Crippen LogP contribution is 2.32. The Morgan fingerprint density at radius 2 is 2.03 bits per heavy atom. The average Bonchev–Trinajstić information content (AvgIpc) is 3.42. The van der Waals surface area contributed by atoms with Crippen LogP contribution in [0.15, 0.2) is 59.8 Å². The summed E-state index contributed by atoms with van der Waals surface area (Å²) in [5.74, 6) is 0.933. The number of benzene rings is 2. The Morgan fingerprint density at radius 3 is 2.91 bits per heavy atom. The summed E-state index contributed by atoms with van der Waals surface area (Å²) in [6.07, 6.45) is 2.99. The van der Waals surface area contributed by atoms with Crippen LogP contribution in [0.2, 0.25) is 5.02 Å². The molecule has 3 heterocycles. The van der Waals surface area contributed by atoms with Crippen LogP contribution < -0.4 is 20.3 Å². The van der Waals surface area contributed by atoms with Crippen LogP contribution in [0.4, 0.5) is 0 Å². The molecule has 10 heteroatoms. The van der Waals surface area contributed by atoms with E-state index in [0.29, 0.717) is 52.8 Å². The number of fused-ring (bicyclic) bond motifs is 2. The maximum atomic E-state index is 12.8. The summed E-state index contributed by atoms with van der Waals surface area (Å²) in [6, 6.07) is 12.4. The number of hydrogen-bond acceptors (Lipinski definition) is 6. The molecule has 0 atom stereocenters. The predicted octanol–water partition coefficient (Wildman–Crippen LogP) is 2.45. The molecular weight excluding hydrogens is 434 g/mol. The van der Waals surface area contributed by atoms with E-state index < -0.39 is 0 Å². The fourth-order valence-electron chi connectivity index (χ4n) is 3.52. The van der Waals surface area contributed by atoms with Crippen LogP contribution in [0.1, 0.15) is 15.9 Å². The van der Waals surface area contributed by atoms with Gasteiger partial charge in [-0.1, -0.05) is 23.7 Å². The molecule has 0 saturated heterocycles. The fourth-order valence-corrected chi connectivity index (χ4v) is 3.73. The molecular formula is C22H18ClN5O4. The molecule has 4 aromatic rings. The smallest absolute Gasteiger partial charge is 0.264 e. The first kappa shape index (κ1) is 20.1. The minimum atomic E-state index is -0.239. The van der Waals surface area contributed by atoms with Crippen LogP contribution in [0.5, 0.6) is 11.5 Å². The van der Waals surface area contributed by atoms with Gasteiger partial charge in [0, 0.05) is 17.1 Å². The maximum Gasteiger partial charge on any atom is 0.264 e. The monoisotopic (exact) mass is 451 g/mol. The normalized spacial score (nSPS) is 12.3. The first-order valence-electron chi connectivity index (χ1n) is 9.92. The number of nitrogens with one attached hydrogen (secondary N) is 1. The molecule has 0 aliphatic carbocycles. The summed E-state index contributed by atoms with van der Waals surface area (Å²) in [5.41, 5.74) is 1.65. The Labute approximate surface area is 187 Å². The van der Waals surface area contributed by atoms with Gasteiger partial charge >= 0.3 is 0 Å². The molecule has 5 rings (SSSR count). The number of aromatic nitrogens is 4. The molecule has 162 valence electrons. The summed E-state index contributed by atoms with van der Waals surface area (Å²) in [4.78, 5) is 29.7. The number of carbonyl (C=O) groups excluding carboxylic acids is 1. The van der Waals surface area contributed by atoms with E-state index in [1.54, 1.807) is 28.9 Å². The number of amides is 1. The van der Waals surface area contributed by atoms with Crippen molar-refractivity contribution in [3.63, 3.8) is 0 Å². The summed E-state index contributed by atoms with van der Waals surface area (Å²) in [6.45, 7) is 1.20. The van der Waals surface area contributed by atoms with Crippen LogP contribution in [0, 0.1) is 0 Å². The summed E-state index contributed by atoms with van der Waals surface area (Å²) >= 11 is 6.03. The van der Waals surface area contributed by atoms with Crippen LogP contribution in [-0.2, 0) is 13.1 Å². The second-order valence-corrected chi connectivity index (χ2v) is 7.67. The van der Waals surface area contributed by atoms with Gasteiger partial charge in [0.15, 0.2) is 17.1 Å². The van der Waals surface area contributed by atoms with Gasteiger partial charge in [-0.05, 0) is 35.9 Å². The van der Waals surface area contributed by atoms with Crippen LogP contribution in [0.3, 0.4) is 0 Å². The lowest BCUT2D eigenvalue weighted by Gasteiger charge is -2.08. The van der Waals surface area contributed by atoms with Gasteiger partial charge in [0.05, 0.1) is 19.3 Å². The number of halogens is 1. The van der Waals surface area contributed by atoms with E-state index >= 15 is 0 Å². The quantitative estimate of drug-likeness (QED) is 0.483. The summed E-state index contributed by atoms with van der Waals surface area (Å²) in [5, 5.41) is 8.13. The first-order chi connectivity index (χ1) is 15.6. The van der Waals surface area contributed by atoms with Crippen molar-refractivity contribution in [2.24, 2.45) is 0 Å². The summed E-state index contributed by atoms with van der Waals surface area (Å²) < 4.78 is 13.7. The third kappa shape index (κ3) is 3.90. The second-order valence-electron chi connectivity index (χ2n) is 7.24. The van der Waals surface area contributed by atoms with E-state index in [2.05, 4.69) is 15.4 Å². The highest BCUT2D eigenvalue weighted by molar-refractivity contribution is 6.30. The molecule has 0 spiro atoms. The predicted molar refractivity (Wildman–Crippen MR) is 117 cm³/mol. The zero-order valence-corrected chi connectivity index (χ0v) is 17.6. The standard InChI is InChI=1S/C22H18ClN5O4/c23-16-3-1-2-14(8-16)11-27-12-25-20-17(22(27)30)10-26-28(20)7-6-24-21(29)15-4-5-18-19(9-15)32-13-31-18/h1-5,8-10,12H,6-7,11,13H2,(H,24,29). The second kappa shape index (κ2) is 8.35. The number of nitrogens with zero attached hydrogens (tertiary/aromatic N) is 4. The van der Waals surface area contributed by atoms with Crippen molar-refractivity contribution < 1.29 is 14.3 Å². The Kier molecular flexibility index (Phi) is 5.24. The Hall–Kier alpha value is -3.85. The van der Waals surface area contributed by atoms with Gasteiger partial charge in [-0.3, -0.25) is 14.2 Å². The SMILES string of the molecule is O=C(NCCn1ncc2c(=O)n(Cc3cccc(Cl)c3)cnc21)c1ccc2c(c1)OCO2. The highest BCUT2D eigenvalue weighted by atomic mass is 35.5. The lowest BCUT2D eigenvalue weighted by Crippen LogP contribution is -2.27. The van der Waals surface area contributed by atoms with Crippen molar-refractivity contribution in [3.8, 4) is 11.5 Å². The van der Waals surface area contributed by atoms with E-state index in [4.69, 9.17) is 21.1 Å². The molecule has 2 aromatic carbocycles. The highest BCUT2D eigenvalue weighted by Gasteiger charge is 2.16. The first-order valence-corrected chi connectivity index (χ1v) is 10.3. The minimum absolute atomic E-state index is 0.153. The van der Waals surface area contributed by atoms with E-state index in [1.807, 2.05) is 18.2 Å². The molecule has 2 aromatic heterocycles. The largest absolute Gasteiger partial charge is 0.454 e. The van der Waals surface area contributed by atoms with E-state index in [0.717, 1.165) is 5.56 Å². The number of ether oxygens (including phenoxy) is 2. The minimum Gasteiger partial charge on any atom is -0.454 e. The van der Waals surface area contributed by atoms with Crippen molar-refractivity contribution in [3.05, 3.63) is 81.5 Å². The third-order valence-corrected chi connectivity index (χ3v) is 5.34. The zero-order chi connectivity index (χ0) is 22.1. The molecule has 0 unspecified atom stereocenters. The van der Waals surface area contributed by atoms with Gasteiger partial charge in [-0.15, -0.1) is 0 Å². The van der Waals surface area contributed by atoms with Crippen molar-refractivity contribution in [2.45, 2.75) is 13.1 Å². The van der Waals surface area contributed by atoms with Crippen molar-refractivity contribution in [2.75, 3.05) is 13.3 Å². The molecule has 1 amide bonds. The fraction of sp³-hybridized carbons (Fsp3) is 0.182. The third-order valence-electron chi connectivity index (χ3n) is 5.11. The van der Waals surface area contributed by atoms with E-state index in [-0.39, 0.29) is 18.3 Å². The van der Waals surface area contributed by atoms with E-state index in [9.17, 15) is 9.59 Å². The van der Waals surface area contributed by atoms with Crippen LogP contribution >= 0.6 is 11.6 Å². The van der Waals surface area contributed by atoms with Crippen molar-refractivity contribution >= 4 is 28.5 Å². The topological polar surface area (TPSA) is 100 Å². The van der Waals surface area contributed by atoms with Crippen molar-refractivity contribution in [1.82, 2.24) is 24.6 Å². The Morgan fingerprint density at radius 1 is 1.16 bits per heavy atom. The van der Waals surface area contributed by atoms with Crippen LogP contribution in [-0.4, -0.2) is 38.6 Å². The molecule has 1 N–H and O–H groups in total. The Bertz CT molecular complexity index is 1380. The molecule has 0 saturated carbocycles. The Balaban J connectivity index is 1.26. The van der Waals surface area contributed by atoms with Gasteiger partial charge in [0.1, 0.15) is 11.7 Å². The lowest BCUT2D eigenvalue weighted by molar-refractivity contribution is 0.0951. The number of hydrogen-bond donors (Lipinski definition) is 1. The molecule has 1 aliphatic heterocycles.